The molecule has 2 N–H and O–H groups in total. The maximum Gasteiger partial charge on any atom is 0.147 e. The molecule has 0 amide bonds. The first-order chi connectivity index (χ1) is 6.29. The molecular weight excluding hydrogens is 164 g/mol. The number of anilines is 1. The van der Waals surface area contributed by atoms with E-state index in [1.54, 1.807) is 12.4 Å². The predicted molar refractivity (Wildman–Crippen MR) is 50.5 cm³/mol. The van der Waals surface area contributed by atoms with Crippen LogP contribution in [0.2, 0.25) is 0 Å². The van der Waals surface area contributed by atoms with Crippen molar-refractivity contribution < 1.29 is 0 Å². The Kier molecular flexibility index (Phi) is 1.73. The molecule has 0 fully saturated rings. The van der Waals surface area contributed by atoms with Crippen molar-refractivity contribution in [3.05, 3.63) is 36.5 Å². The van der Waals surface area contributed by atoms with E-state index in [-0.39, 0.29) is 0 Å². The summed E-state index contributed by atoms with van der Waals surface area (Å²) in [5.74, 6) is 1.42. The number of hydrogen-bond acceptors (Lipinski definition) is 3. The number of nitrogen functional groups attached to an aromatic ring is 1. The zero-order chi connectivity index (χ0) is 9.26. The molecule has 0 bridgehead atoms. The van der Waals surface area contributed by atoms with E-state index in [2.05, 4.69) is 9.97 Å². The van der Waals surface area contributed by atoms with Gasteiger partial charge in [0.05, 0.1) is 5.69 Å². The number of aromatic nitrogens is 3. The number of imidazole rings is 1. The summed E-state index contributed by atoms with van der Waals surface area (Å²) in [7, 11) is 0. The maximum absolute atomic E-state index is 5.72. The fraction of sp³-hybridized carbons (Fsp3) is 0.111. The molecule has 2 aromatic rings. The van der Waals surface area contributed by atoms with Crippen molar-refractivity contribution in [1.29, 1.82) is 0 Å². The Morgan fingerprint density at radius 1 is 1.31 bits per heavy atom. The van der Waals surface area contributed by atoms with E-state index in [4.69, 9.17) is 5.73 Å². The van der Waals surface area contributed by atoms with Crippen LogP contribution in [0.1, 0.15) is 5.82 Å². The molecule has 13 heavy (non-hydrogen) atoms. The Labute approximate surface area is 76.1 Å². The van der Waals surface area contributed by atoms with Crippen LogP contribution >= 0.6 is 0 Å². The van der Waals surface area contributed by atoms with Gasteiger partial charge in [0.15, 0.2) is 0 Å². The number of aryl methyl sites for hydroxylation is 1. The lowest BCUT2D eigenvalue weighted by Gasteiger charge is -2.06. The van der Waals surface area contributed by atoms with Gasteiger partial charge in [-0.1, -0.05) is 0 Å². The van der Waals surface area contributed by atoms with Gasteiger partial charge in [0.25, 0.3) is 0 Å². The van der Waals surface area contributed by atoms with Gasteiger partial charge in [0.2, 0.25) is 0 Å². The Bertz CT molecular complexity index is 419. The van der Waals surface area contributed by atoms with Crippen LogP contribution in [0.25, 0.3) is 5.69 Å². The lowest BCUT2D eigenvalue weighted by molar-refractivity contribution is 0.969. The monoisotopic (exact) mass is 174 g/mol. The van der Waals surface area contributed by atoms with Gasteiger partial charge in [0.1, 0.15) is 11.6 Å². The molecule has 2 heterocycles. The first-order valence-electron chi connectivity index (χ1n) is 4.00. The number of pyridine rings is 1. The van der Waals surface area contributed by atoms with Crippen molar-refractivity contribution in [2.24, 2.45) is 0 Å². The number of hydrogen-bond donors (Lipinski definition) is 1. The van der Waals surface area contributed by atoms with Gasteiger partial charge in [-0.15, -0.1) is 0 Å². The van der Waals surface area contributed by atoms with E-state index in [0.29, 0.717) is 5.82 Å². The first-order valence-corrected chi connectivity index (χ1v) is 4.00. The maximum atomic E-state index is 5.72. The average Bonchev–Trinajstić information content (AvgIpc) is 2.52. The summed E-state index contributed by atoms with van der Waals surface area (Å²) in [6.07, 6.45) is 5.27. The highest BCUT2D eigenvalue weighted by Crippen LogP contribution is 2.14. The van der Waals surface area contributed by atoms with Crippen LogP contribution < -0.4 is 5.73 Å². The van der Waals surface area contributed by atoms with E-state index in [0.717, 1.165) is 11.5 Å². The first kappa shape index (κ1) is 7.79. The zero-order valence-corrected chi connectivity index (χ0v) is 7.31. The zero-order valence-electron chi connectivity index (χ0n) is 7.31. The van der Waals surface area contributed by atoms with Gasteiger partial charge in [-0.05, 0) is 19.1 Å². The van der Waals surface area contributed by atoms with Crippen molar-refractivity contribution >= 4 is 5.82 Å². The molecule has 2 rings (SSSR count). The van der Waals surface area contributed by atoms with Gasteiger partial charge in [-0.3, -0.25) is 0 Å². The Hall–Kier alpha value is -1.84. The minimum atomic E-state index is 0.517. The third-order valence-corrected chi connectivity index (χ3v) is 1.90. The summed E-state index contributed by atoms with van der Waals surface area (Å²) in [5, 5.41) is 0. The predicted octanol–water partition coefficient (Wildman–Crippen LogP) is 1.16. The lowest BCUT2D eigenvalue weighted by Crippen LogP contribution is -2.01. The van der Waals surface area contributed by atoms with Gasteiger partial charge in [0, 0.05) is 18.6 Å². The molecule has 0 aliphatic carbocycles. The number of rotatable bonds is 1. The average molecular weight is 174 g/mol. The Morgan fingerprint density at radius 3 is 2.77 bits per heavy atom. The fourth-order valence-electron chi connectivity index (χ4n) is 1.25. The van der Waals surface area contributed by atoms with Gasteiger partial charge in [-0.2, -0.15) is 0 Å². The minimum absolute atomic E-state index is 0.517. The standard InChI is InChI=1S/C9H10N4/c1-7-11-5-6-13(7)8-3-2-4-12-9(8)10/h2-6H,1H3,(H2,10,12). The lowest BCUT2D eigenvalue weighted by atomic mass is 10.4. The summed E-state index contributed by atoms with van der Waals surface area (Å²) < 4.78 is 1.91. The summed E-state index contributed by atoms with van der Waals surface area (Å²) in [4.78, 5) is 8.12. The fourth-order valence-corrected chi connectivity index (χ4v) is 1.25. The van der Waals surface area contributed by atoms with Crippen LogP contribution in [-0.4, -0.2) is 14.5 Å². The third kappa shape index (κ3) is 1.26. The normalized spacial score (nSPS) is 10.2. The molecular formula is C9H10N4. The van der Waals surface area contributed by atoms with E-state index < -0.39 is 0 Å². The molecule has 0 spiro atoms. The second-order valence-corrected chi connectivity index (χ2v) is 2.75. The van der Waals surface area contributed by atoms with Gasteiger partial charge < -0.3 is 10.3 Å². The van der Waals surface area contributed by atoms with E-state index >= 15 is 0 Å². The molecule has 0 atom stereocenters. The van der Waals surface area contributed by atoms with Crippen molar-refractivity contribution in [2.75, 3.05) is 5.73 Å². The van der Waals surface area contributed by atoms with Crippen LogP contribution in [0.3, 0.4) is 0 Å². The van der Waals surface area contributed by atoms with Crippen LogP contribution in [0.5, 0.6) is 0 Å². The quantitative estimate of drug-likeness (QED) is 0.705. The minimum Gasteiger partial charge on any atom is -0.382 e. The largest absolute Gasteiger partial charge is 0.382 e. The molecule has 4 heteroatoms. The molecule has 0 aromatic carbocycles. The molecule has 0 aliphatic heterocycles. The van der Waals surface area contributed by atoms with Crippen LogP contribution in [0.4, 0.5) is 5.82 Å². The van der Waals surface area contributed by atoms with Gasteiger partial charge in [-0.25, -0.2) is 9.97 Å². The molecule has 66 valence electrons. The Balaban J connectivity index is 2.59. The van der Waals surface area contributed by atoms with E-state index in [1.165, 1.54) is 0 Å². The van der Waals surface area contributed by atoms with Crippen molar-refractivity contribution in [1.82, 2.24) is 14.5 Å². The highest BCUT2D eigenvalue weighted by molar-refractivity contribution is 5.51. The van der Waals surface area contributed by atoms with Crippen LogP contribution in [-0.2, 0) is 0 Å². The summed E-state index contributed by atoms with van der Waals surface area (Å²) in [6.45, 7) is 1.92. The smallest absolute Gasteiger partial charge is 0.147 e. The molecule has 0 saturated heterocycles. The second kappa shape index (κ2) is 2.90. The Morgan fingerprint density at radius 2 is 2.15 bits per heavy atom. The molecule has 0 unspecified atom stereocenters. The van der Waals surface area contributed by atoms with Crippen molar-refractivity contribution in [3.8, 4) is 5.69 Å². The highest BCUT2D eigenvalue weighted by Gasteiger charge is 2.03. The van der Waals surface area contributed by atoms with Crippen LogP contribution in [0.15, 0.2) is 30.7 Å². The molecule has 0 aliphatic rings. The summed E-state index contributed by atoms with van der Waals surface area (Å²) in [5.41, 5.74) is 6.59. The third-order valence-electron chi connectivity index (χ3n) is 1.90. The number of nitrogens with two attached hydrogens (primary N) is 1. The molecule has 4 nitrogen and oxygen atoms in total. The van der Waals surface area contributed by atoms with E-state index in [9.17, 15) is 0 Å². The van der Waals surface area contributed by atoms with Crippen molar-refractivity contribution in [2.45, 2.75) is 6.92 Å². The van der Waals surface area contributed by atoms with Gasteiger partial charge >= 0.3 is 0 Å². The highest BCUT2D eigenvalue weighted by atomic mass is 15.1. The summed E-state index contributed by atoms with van der Waals surface area (Å²) >= 11 is 0. The molecule has 2 aromatic heterocycles. The van der Waals surface area contributed by atoms with Crippen molar-refractivity contribution in [3.63, 3.8) is 0 Å². The summed E-state index contributed by atoms with van der Waals surface area (Å²) in [6, 6.07) is 3.77. The van der Waals surface area contributed by atoms with Crippen LogP contribution in [0, 0.1) is 6.92 Å². The number of nitrogens with zero attached hydrogens (tertiary/aromatic N) is 3. The molecule has 0 radical (unpaired) electrons. The SMILES string of the molecule is Cc1nccn1-c1cccnc1N. The molecule has 0 saturated carbocycles. The topological polar surface area (TPSA) is 56.7 Å². The van der Waals surface area contributed by atoms with E-state index in [1.807, 2.05) is 29.8 Å². The second-order valence-electron chi connectivity index (χ2n) is 2.75.